The predicted molar refractivity (Wildman–Crippen MR) is 168 cm³/mol. The molecule has 0 aliphatic heterocycles. The Labute approximate surface area is 248 Å². The van der Waals surface area contributed by atoms with Crippen molar-refractivity contribution in [2.45, 2.75) is 39.4 Å². The molecular formula is C33H31ClN4O2S. The third-order valence-electron chi connectivity index (χ3n) is 7.10. The lowest BCUT2D eigenvalue weighted by Crippen LogP contribution is -2.25. The van der Waals surface area contributed by atoms with Crippen molar-refractivity contribution in [3.63, 3.8) is 0 Å². The zero-order chi connectivity index (χ0) is 28.9. The molecule has 0 spiro atoms. The number of hydrogen-bond acceptors (Lipinski definition) is 6. The lowest BCUT2D eigenvalue weighted by atomic mass is 9.91. The highest BCUT2D eigenvalue weighted by Crippen LogP contribution is 2.44. The molecule has 0 aliphatic carbocycles. The van der Waals surface area contributed by atoms with Crippen LogP contribution in [0.3, 0.4) is 0 Å². The summed E-state index contributed by atoms with van der Waals surface area (Å²) in [6.45, 7) is 7.93. The van der Waals surface area contributed by atoms with E-state index in [1.165, 1.54) is 0 Å². The van der Waals surface area contributed by atoms with Gasteiger partial charge in [0.2, 0.25) is 0 Å². The number of rotatable bonds is 6. The molecule has 8 heteroatoms. The first kappa shape index (κ1) is 27.5. The van der Waals surface area contributed by atoms with Crippen molar-refractivity contribution < 1.29 is 9.84 Å². The minimum absolute atomic E-state index is 0.134. The highest BCUT2D eigenvalue weighted by atomic mass is 35.5. The van der Waals surface area contributed by atoms with Crippen LogP contribution in [0.5, 0.6) is 0 Å². The largest absolute Gasteiger partial charge is 0.393 e. The van der Waals surface area contributed by atoms with Crippen LogP contribution in [-0.4, -0.2) is 37.1 Å². The van der Waals surface area contributed by atoms with Crippen molar-refractivity contribution in [2.24, 2.45) is 7.05 Å². The molecule has 6 nitrogen and oxygen atoms in total. The molecule has 3 aromatic carbocycles. The number of thiazole rings is 1. The molecule has 0 fully saturated rings. The summed E-state index contributed by atoms with van der Waals surface area (Å²) in [5.41, 5.74) is 8.41. The summed E-state index contributed by atoms with van der Waals surface area (Å²) in [6.07, 6.45) is 3.21. The van der Waals surface area contributed by atoms with Crippen molar-refractivity contribution in [2.75, 3.05) is 6.61 Å². The summed E-state index contributed by atoms with van der Waals surface area (Å²) in [6, 6.07) is 20.3. The van der Waals surface area contributed by atoms with Gasteiger partial charge in [0.25, 0.3) is 0 Å². The Kier molecular flexibility index (Phi) is 7.16. The van der Waals surface area contributed by atoms with Gasteiger partial charge in [-0.25, -0.2) is 4.98 Å². The molecule has 3 heterocycles. The smallest absolute Gasteiger partial charge is 0.124 e. The summed E-state index contributed by atoms with van der Waals surface area (Å²) >= 11 is 7.90. The van der Waals surface area contributed by atoms with Gasteiger partial charge >= 0.3 is 0 Å². The van der Waals surface area contributed by atoms with Crippen molar-refractivity contribution in [1.29, 1.82) is 0 Å². The van der Waals surface area contributed by atoms with Crippen LogP contribution in [0.1, 0.15) is 38.0 Å². The number of aromatic nitrogens is 4. The van der Waals surface area contributed by atoms with Crippen LogP contribution < -0.4 is 0 Å². The Morgan fingerprint density at radius 2 is 1.76 bits per heavy atom. The van der Waals surface area contributed by atoms with Gasteiger partial charge in [-0.2, -0.15) is 5.10 Å². The predicted octanol–water partition coefficient (Wildman–Crippen LogP) is 8.39. The first-order valence-electron chi connectivity index (χ1n) is 13.5. The molecule has 208 valence electrons. The average Bonchev–Trinajstić information content (AvgIpc) is 3.54. The lowest BCUT2D eigenvalue weighted by Gasteiger charge is -2.29. The van der Waals surface area contributed by atoms with Crippen LogP contribution in [0.25, 0.3) is 54.1 Å². The Morgan fingerprint density at radius 1 is 1.00 bits per heavy atom. The van der Waals surface area contributed by atoms with Crippen molar-refractivity contribution in [3.8, 4) is 33.0 Å². The van der Waals surface area contributed by atoms with Gasteiger partial charge in [0.15, 0.2) is 0 Å². The van der Waals surface area contributed by atoms with Gasteiger partial charge in [-0.15, -0.1) is 11.3 Å². The summed E-state index contributed by atoms with van der Waals surface area (Å²) in [4.78, 5) is 9.76. The first-order chi connectivity index (χ1) is 19.6. The van der Waals surface area contributed by atoms with Crippen LogP contribution in [0.4, 0.5) is 0 Å². The standard InChI is InChI=1S/C33H31ClN4O2S/c1-19-14-26-31(30(20-8-10-24(34)11-9-20)29(19)28(18-39)40-33(2,3)4)41-32(37-26)22-12-13-35-25(15-22)21-6-7-23-17-36-38(5)27(23)16-21/h6-17,28,39H,18H2,1-5H3. The average molecular weight is 583 g/mol. The fourth-order valence-electron chi connectivity index (χ4n) is 5.29. The summed E-state index contributed by atoms with van der Waals surface area (Å²) in [7, 11) is 1.94. The molecule has 0 bridgehead atoms. The first-order valence-corrected chi connectivity index (χ1v) is 14.7. The van der Waals surface area contributed by atoms with Crippen molar-refractivity contribution in [1.82, 2.24) is 19.7 Å². The molecule has 3 aromatic heterocycles. The Hall–Kier alpha value is -3.62. The number of fused-ring (bicyclic) bond motifs is 2. The van der Waals surface area contributed by atoms with E-state index in [1.807, 2.05) is 75.2 Å². The van der Waals surface area contributed by atoms with Crippen molar-refractivity contribution in [3.05, 3.63) is 89.2 Å². The number of nitrogens with zero attached hydrogens (tertiary/aromatic N) is 4. The molecule has 1 unspecified atom stereocenters. The zero-order valence-corrected chi connectivity index (χ0v) is 25.2. The number of hydrogen-bond donors (Lipinski definition) is 1. The molecule has 0 aliphatic rings. The highest BCUT2D eigenvalue weighted by Gasteiger charge is 2.27. The third-order valence-corrected chi connectivity index (χ3v) is 8.49. The Morgan fingerprint density at radius 3 is 2.49 bits per heavy atom. The van der Waals surface area contributed by atoms with E-state index in [2.05, 4.69) is 47.3 Å². The van der Waals surface area contributed by atoms with Gasteiger partial charge < -0.3 is 9.84 Å². The second-order valence-electron chi connectivity index (χ2n) is 11.2. The van der Waals surface area contributed by atoms with E-state index < -0.39 is 11.7 Å². The van der Waals surface area contributed by atoms with E-state index in [0.717, 1.165) is 65.2 Å². The summed E-state index contributed by atoms with van der Waals surface area (Å²) in [5, 5.41) is 17.5. The van der Waals surface area contributed by atoms with Gasteiger partial charge in [-0.1, -0.05) is 35.9 Å². The van der Waals surface area contributed by atoms with E-state index in [4.69, 9.17) is 21.3 Å². The van der Waals surface area contributed by atoms with Gasteiger partial charge in [-0.3, -0.25) is 9.67 Å². The topological polar surface area (TPSA) is 73.1 Å². The minimum atomic E-state index is -0.495. The van der Waals surface area contributed by atoms with Gasteiger partial charge in [-0.05, 0) is 80.8 Å². The Bertz CT molecular complexity index is 1890. The van der Waals surface area contributed by atoms with Crippen LogP contribution in [0.15, 0.2) is 73.1 Å². The molecule has 0 radical (unpaired) electrons. The quantitative estimate of drug-likeness (QED) is 0.213. The molecule has 0 saturated heterocycles. The number of halogens is 1. The SMILES string of the molecule is Cc1cc2nc(-c3ccnc(-c4ccc5cnn(C)c5c4)c3)sc2c(-c2ccc(Cl)cc2)c1C(CO)OC(C)(C)C. The van der Waals surface area contributed by atoms with Gasteiger partial charge in [0.1, 0.15) is 11.1 Å². The fraction of sp³-hybridized carbons (Fsp3) is 0.242. The third kappa shape index (κ3) is 5.38. The molecule has 41 heavy (non-hydrogen) atoms. The number of benzene rings is 3. The van der Waals surface area contributed by atoms with Gasteiger partial charge in [0, 0.05) is 40.3 Å². The summed E-state index contributed by atoms with van der Waals surface area (Å²) in [5.74, 6) is 0. The van der Waals surface area contributed by atoms with Crippen LogP contribution in [0.2, 0.25) is 5.02 Å². The molecule has 0 amide bonds. The molecule has 6 rings (SSSR count). The maximum Gasteiger partial charge on any atom is 0.124 e. The van der Waals surface area contributed by atoms with Gasteiger partial charge in [0.05, 0.1) is 39.8 Å². The molecule has 1 N–H and O–H groups in total. The fourth-order valence-corrected chi connectivity index (χ4v) is 6.54. The zero-order valence-electron chi connectivity index (χ0n) is 23.6. The van der Waals surface area contributed by atoms with E-state index >= 15 is 0 Å². The van der Waals surface area contributed by atoms with Crippen LogP contribution >= 0.6 is 22.9 Å². The number of aliphatic hydroxyl groups is 1. The lowest BCUT2D eigenvalue weighted by molar-refractivity contribution is -0.0821. The molecule has 1 atom stereocenters. The van der Waals surface area contributed by atoms with E-state index in [1.54, 1.807) is 11.3 Å². The maximum atomic E-state index is 10.5. The normalized spacial score (nSPS) is 12.9. The van der Waals surface area contributed by atoms with Crippen molar-refractivity contribution >= 4 is 44.1 Å². The van der Waals surface area contributed by atoms with Crippen LogP contribution in [0, 0.1) is 6.92 Å². The minimum Gasteiger partial charge on any atom is -0.393 e. The second-order valence-corrected chi connectivity index (χ2v) is 12.7. The molecular weight excluding hydrogens is 552 g/mol. The van der Waals surface area contributed by atoms with E-state index in [9.17, 15) is 5.11 Å². The Balaban J connectivity index is 1.52. The highest BCUT2D eigenvalue weighted by molar-refractivity contribution is 7.22. The summed E-state index contributed by atoms with van der Waals surface area (Å²) < 4.78 is 9.28. The number of pyridine rings is 1. The van der Waals surface area contributed by atoms with Crippen LogP contribution in [-0.2, 0) is 11.8 Å². The second kappa shape index (κ2) is 10.7. The monoisotopic (exact) mass is 582 g/mol. The number of ether oxygens (including phenoxy) is 1. The van der Waals surface area contributed by atoms with E-state index in [0.29, 0.717) is 5.02 Å². The molecule has 6 aromatic rings. The number of aryl methyl sites for hydroxylation is 2. The number of aliphatic hydroxyl groups excluding tert-OH is 1. The van der Waals surface area contributed by atoms with E-state index in [-0.39, 0.29) is 6.61 Å². The maximum absolute atomic E-state index is 10.5. The molecule has 0 saturated carbocycles.